The first kappa shape index (κ1) is 38.3. The first-order valence-electron chi connectivity index (χ1n) is 22.9. The lowest BCUT2D eigenvalue weighted by atomic mass is 9.78. The number of benzene rings is 5. The molecule has 0 N–H and O–H groups in total. The predicted octanol–water partition coefficient (Wildman–Crippen LogP) is 15.2. The van der Waals surface area contributed by atoms with Crippen molar-refractivity contribution < 1.29 is 4.74 Å². The Bertz CT molecular complexity index is 3090. The predicted molar refractivity (Wildman–Crippen MR) is 268 cm³/mol. The van der Waals surface area contributed by atoms with Crippen molar-refractivity contribution in [1.82, 2.24) is 0 Å². The summed E-state index contributed by atoms with van der Waals surface area (Å²) in [6.45, 7) is 2.39. The minimum Gasteiger partial charge on any atom is -0.454 e. The van der Waals surface area contributed by atoms with Crippen LogP contribution in [0.4, 0.5) is 11.4 Å². The zero-order chi connectivity index (χ0) is 42.6. The maximum atomic E-state index is 7.49. The number of fused-ring (bicyclic) bond motifs is 4. The van der Waals surface area contributed by atoms with Crippen molar-refractivity contribution in [3.8, 4) is 22.6 Å². The second-order valence-electron chi connectivity index (χ2n) is 18.1. The van der Waals surface area contributed by atoms with Gasteiger partial charge in [0.05, 0.1) is 17.3 Å². The molecule has 5 atom stereocenters. The summed E-state index contributed by atoms with van der Waals surface area (Å²) in [5, 5.41) is 2.34. The zero-order valence-corrected chi connectivity index (χ0v) is 36.1. The standard InChI is InChI=1S/C61H50N2O/c1-61(39-37-45(38-40-61)43-17-6-3-7-18-43)63(56-28-14-22-47-20-9-11-25-52(47)56)57-36-31-48-23-12-26-54-53-35-34-50(41-58(53)64-60(57)59(48)54)62(55-27-13-21-46-19-8-10-24-51(46)55)49-32-29-44(30-33-49)42-15-4-2-5-16-42/h2-29,31-32,34-39,41,47,51-52,55H,30,33,40H2,1H3. The summed E-state index contributed by atoms with van der Waals surface area (Å²) in [4.78, 5) is 5.19. The number of nitrogens with zero attached hydrogens (tertiary/aromatic N) is 2. The van der Waals surface area contributed by atoms with Crippen molar-refractivity contribution >= 4 is 33.3 Å². The fourth-order valence-electron chi connectivity index (χ4n) is 11.0. The van der Waals surface area contributed by atoms with Crippen LogP contribution in [0.3, 0.4) is 0 Å². The van der Waals surface area contributed by atoms with E-state index in [0.29, 0.717) is 0 Å². The van der Waals surface area contributed by atoms with E-state index in [4.69, 9.17) is 4.74 Å². The fourth-order valence-corrected chi connectivity index (χ4v) is 11.0. The minimum atomic E-state index is -0.379. The Morgan fingerprint density at radius 3 is 2.25 bits per heavy atom. The van der Waals surface area contributed by atoms with Gasteiger partial charge in [0.2, 0.25) is 0 Å². The first-order valence-corrected chi connectivity index (χ1v) is 22.9. The Kier molecular flexibility index (Phi) is 9.44. The molecular weight excluding hydrogens is 777 g/mol. The molecule has 0 bridgehead atoms. The highest BCUT2D eigenvalue weighted by molar-refractivity contribution is 6.07. The van der Waals surface area contributed by atoms with Crippen LogP contribution in [0.5, 0.6) is 11.5 Å². The molecule has 0 fully saturated rings. The van der Waals surface area contributed by atoms with E-state index in [1.165, 1.54) is 50.2 Å². The summed E-state index contributed by atoms with van der Waals surface area (Å²) in [6.07, 6.45) is 46.5. The van der Waals surface area contributed by atoms with Gasteiger partial charge >= 0.3 is 0 Å². The maximum Gasteiger partial charge on any atom is 0.159 e. The van der Waals surface area contributed by atoms with Crippen LogP contribution < -0.4 is 14.5 Å². The monoisotopic (exact) mass is 826 g/mol. The highest BCUT2D eigenvalue weighted by Crippen LogP contribution is 2.55. The Morgan fingerprint density at radius 2 is 1.42 bits per heavy atom. The van der Waals surface area contributed by atoms with E-state index >= 15 is 0 Å². The molecule has 3 heteroatoms. The number of hydrogen-bond acceptors (Lipinski definition) is 3. The summed E-state index contributed by atoms with van der Waals surface area (Å²) in [5.41, 5.74) is 13.3. The topological polar surface area (TPSA) is 15.7 Å². The Labute approximate surface area is 377 Å². The van der Waals surface area contributed by atoms with Crippen LogP contribution in [0.15, 0.2) is 242 Å². The third-order valence-corrected chi connectivity index (χ3v) is 14.3. The van der Waals surface area contributed by atoms with Crippen molar-refractivity contribution in [2.75, 3.05) is 9.80 Å². The molecule has 1 aliphatic heterocycles. The van der Waals surface area contributed by atoms with Gasteiger partial charge in [-0.1, -0.05) is 188 Å². The molecule has 0 spiro atoms. The SMILES string of the molecule is CC1(N(C2=CC=CC3C=CC=CC23)c2ccc3cccc4c3c2Oc2cc(N(C3=CC=C(c5ccccc5)CC3)C3C=CC=C5C=CC=CC53)ccc2-4)C=CC(c2ccccc2)=CC1. The van der Waals surface area contributed by atoms with E-state index in [-0.39, 0.29) is 29.3 Å². The van der Waals surface area contributed by atoms with Gasteiger partial charge in [-0.2, -0.15) is 0 Å². The number of allylic oxidation sites excluding steroid dienone is 18. The molecule has 0 radical (unpaired) electrons. The third-order valence-electron chi connectivity index (χ3n) is 14.3. The van der Waals surface area contributed by atoms with E-state index in [1.54, 1.807) is 0 Å². The quantitative estimate of drug-likeness (QED) is 0.152. The Morgan fingerprint density at radius 1 is 0.625 bits per heavy atom. The lowest BCUT2D eigenvalue weighted by molar-refractivity contribution is 0.466. The van der Waals surface area contributed by atoms with Crippen molar-refractivity contribution in [2.45, 2.75) is 37.8 Å². The van der Waals surface area contributed by atoms with Crippen LogP contribution in [0.1, 0.15) is 37.3 Å². The van der Waals surface area contributed by atoms with E-state index < -0.39 is 0 Å². The summed E-state index contributed by atoms with van der Waals surface area (Å²) in [5.74, 6) is 2.50. The average molecular weight is 827 g/mol. The number of hydrogen-bond donors (Lipinski definition) is 0. The Balaban J connectivity index is 0.991. The normalized spacial score (nSPS) is 24.4. The van der Waals surface area contributed by atoms with Gasteiger partial charge in [-0.15, -0.1) is 0 Å². The van der Waals surface area contributed by atoms with Gasteiger partial charge < -0.3 is 14.5 Å². The van der Waals surface area contributed by atoms with Gasteiger partial charge in [0.15, 0.2) is 5.75 Å². The summed E-state index contributed by atoms with van der Waals surface area (Å²) in [7, 11) is 0. The van der Waals surface area contributed by atoms with Crippen LogP contribution in [-0.4, -0.2) is 11.6 Å². The molecule has 12 rings (SSSR count). The largest absolute Gasteiger partial charge is 0.454 e. The molecule has 5 aromatic carbocycles. The first-order chi connectivity index (χ1) is 31.6. The van der Waals surface area contributed by atoms with Crippen molar-refractivity contribution in [3.05, 3.63) is 253 Å². The van der Waals surface area contributed by atoms with Crippen molar-refractivity contribution in [1.29, 1.82) is 0 Å². The van der Waals surface area contributed by atoms with Gasteiger partial charge in [0, 0.05) is 51.9 Å². The molecule has 5 unspecified atom stereocenters. The Hall–Kier alpha value is -7.36. The number of rotatable bonds is 8. The number of ether oxygens (including phenoxy) is 1. The van der Waals surface area contributed by atoms with Crippen LogP contribution in [0.2, 0.25) is 0 Å². The summed E-state index contributed by atoms with van der Waals surface area (Å²) < 4.78 is 7.49. The molecule has 0 aromatic heterocycles. The molecule has 7 aliphatic rings. The highest BCUT2D eigenvalue weighted by Gasteiger charge is 2.40. The van der Waals surface area contributed by atoms with Gasteiger partial charge in [-0.05, 0) is 95.3 Å². The molecule has 0 amide bonds. The molecule has 0 saturated carbocycles. The number of anilines is 2. The molecule has 310 valence electrons. The molecular formula is C61H50N2O. The van der Waals surface area contributed by atoms with Crippen LogP contribution in [-0.2, 0) is 0 Å². The van der Waals surface area contributed by atoms with Gasteiger partial charge in [0.25, 0.3) is 0 Å². The highest BCUT2D eigenvalue weighted by atomic mass is 16.5. The molecule has 1 heterocycles. The maximum absolute atomic E-state index is 7.49. The van der Waals surface area contributed by atoms with Crippen LogP contribution >= 0.6 is 0 Å². The molecule has 5 aromatic rings. The average Bonchev–Trinajstić information content (AvgIpc) is 3.36. The van der Waals surface area contributed by atoms with E-state index in [9.17, 15) is 0 Å². The molecule has 6 aliphatic carbocycles. The lowest BCUT2D eigenvalue weighted by Gasteiger charge is -2.47. The van der Waals surface area contributed by atoms with Gasteiger partial charge in [0.1, 0.15) is 5.75 Å². The molecule has 0 saturated heterocycles. The van der Waals surface area contributed by atoms with Crippen molar-refractivity contribution in [3.63, 3.8) is 0 Å². The van der Waals surface area contributed by atoms with E-state index in [1.807, 2.05) is 0 Å². The fraction of sp³-hybridized carbons (Fsp3) is 0.148. The summed E-state index contributed by atoms with van der Waals surface area (Å²) >= 11 is 0. The third kappa shape index (κ3) is 6.57. The van der Waals surface area contributed by atoms with E-state index in [2.05, 4.69) is 241 Å². The molecule has 64 heavy (non-hydrogen) atoms. The van der Waals surface area contributed by atoms with Gasteiger partial charge in [-0.25, -0.2) is 0 Å². The minimum absolute atomic E-state index is 0.103. The van der Waals surface area contributed by atoms with Crippen molar-refractivity contribution in [2.24, 2.45) is 17.8 Å². The smallest absolute Gasteiger partial charge is 0.159 e. The van der Waals surface area contributed by atoms with Crippen LogP contribution in [0, 0.1) is 17.8 Å². The van der Waals surface area contributed by atoms with Gasteiger partial charge in [-0.3, -0.25) is 0 Å². The second kappa shape index (κ2) is 15.8. The second-order valence-corrected chi connectivity index (χ2v) is 18.1. The zero-order valence-electron chi connectivity index (χ0n) is 36.1. The van der Waals surface area contributed by atoms with E-state index in [0.717, 1.165) is 53.1 Å². The van der Waals surface area contributed by atoms with Crippen LogP contribution in [0.25, 0.3) is 33.0 Å². The summed E-state index contributed by atoms with van der Waals surface area (Å²) in [6, 6.07) is 39.9. The molecule has 3 nitrogen and oxygen atoms in total. The lowest BCUT2D eigenvalue weighted by Crippen LogP contribution is -2.47.